The second-order valence-corrected chi connectivity index (χ2v) is 12.4. The fraction of sp³-hybridized carbons (Fsp3) is 0.412. The van der Waals surface area contributed by atoms with Crippen LogP contribution in [0.5, 0.6) is 11.5 Å². The van der Waals surface area contributed by atoms with Gasteiger partial charge in [0.2, 0.25) is 0 Å². The van der Waals surface area contributed by atoms with Crippen molar-refractivity contribution in [1.29, 1.82) is 0 Å². The van der Waals surface area contributed by atoms with Crippen molar-refractivity contribution in [2.75, 3.05) is 6.54 Å². The molecule has 1 aromatic carbocycles. The topological polar surface area (TPSA) is 97.4 Å². The van der Waals surface area contributed by atoms with Gasteiger partial charge in [0.25, 0.3) is 0 Å². The van der Waals surface area contributed by atoms with Gasteiger partial charge in [-0.25, -0.2) is 9.78 Å². The number of hydrogen-bond donors (Lipinski definition) is 1. The van der Waals surface area contributed by atoms with Gasteiger partial charge in [0.1, 0.15) is 28.5 Å². The molecule has 0 radical (unpaired) electrons. The van der Waals surface area contributed by atoms with E-state index in [1.807, 2.05) is 57.3 Å². The second-order valence-electron chi connectivity index (χ2n) is 12.4. The lowest BCUT2D eigenvalue weighted by Crippen LogP contribution is -2.39. The zero-order chi connectivity index (χ0) is 29.3. The number of ketones is 1. The van der Waals surface area contributed by atoms with E-state index in [0.29, 0.717) is 42.4 Å². The van der Waals surface area contributed by atoms with Gasteiger partial charge in [-0.2, -0.15) is 0 Å². The number of carbonyl (C=O) groups is 2. The summed E-state index contributed by atoms with van der Waals surface area (Å²) >= 11 is 0. The van der Waals surface area contributed by atoms with Crippen LogP contribution in [0.25, 0.3) is 22.2 Å². The molecular weight excluding hydrogens is 528 g/mol. The summed E-state index contributed by atoms with van der Waals surface area (Å²) in [6.45, 7) is 6.73. The van der Waals surface area contributed by atoms with Gasteiger partial charge in [-0.3, -0.25) is 9.78 Å². The van der Waals surface area contributed by atoms with Crippen molar-refractivity contribution >= 4 is 22.9 Å². The van der Waals surface area contributed by atoms with Crippen LogP contribution in [0.4, 0.5) is 4.79 Å². The summed E-state index contributed by atoms with van der Waals surface area (Å²) in [7, 11) is 0. The van der Waals surface area contributed by atoms with Gasteiger partial charge in [-0.05, 0) is 87.1 Å². The molecule has 218 valence electrons. The maximum Gasteiger partial charge on any atom is 0.410 e. The number of benzene rings is 1. The molecule has 1 aliphatic heterocycles. The van der Waals surface area contributed by atoms with Crippen LogP contribution in [0.3, 0.4) is 0 Å². The van der Waals surface area contributed by atoms with Crippen molar-refractivity contribution < 1.29 is 19.1 Å². The summed E-state index contributed by atoms with van der Waals surface area (Å²) in [6, 6.07) is 11.9. The van der Waals surface area contributed by atoms with Crippen LogP contribution < -0.4 is 4.74 Å². The molecule has 2 aliphatic rings. The molecule has 3 aromatic heterocycles. The first-order valence-electron chi connectivity index (χ1n) is 15.0. The first-order valence-corrected chi connectivity index (χ1v) is 15.0. The van der Waals surface area contributed by atoms with Gasteiger partial charge >= 0.3 is 6.09 Å². The normalized spacial score (nSPS) is 15.8. The van der Waals surface area contributed by atoms with E-state index in [1.54, 1.807) is 17.3 Å². The van der Waals surface area contributed by atoms with E-state index in [1.165, 1.54) is 12.0 Å². The van der Waals surface area contributed by atoms with Crippen LogP contribution in [0.15, 0.2) is 55.0 Å². The van der Waals surface area contributed by atoms with E-state index in [-0.39, 0.29) is 12.0 Å². The van der Waals surface area contributed by atoms with Crippen molar-refractivity contribution in [2.45, 2.75) is 77.9 Å². The molecule has 8 heteroatoms. The molecule has 4 aromatic rings. The standard InChI is InChI=1S/C34H38N4O4/c1-34(2,3)42-33(40)38-16-13-22-9-10-27(18-25(22)21-38)41-30-12-15-36-32-31(30)28(20-37-32)24-11-14-35-26(17-24)19-29(39)23-7-5-4-6-8-23/h9-12,14-15,17-18,20,23H,4-8,13,16,19,21H2,1-3H3,(H,36,37). The largest absolute Gasteiger partial charge is 0.457 e. The average Bonchev–Trinajstić information content (AvgIpc) is 3.42. The molecule has 0 spiro atoms. The number of aromatic amines is 1. The number of rotatable bonds is 6. The first kappa shape index (κ1) is 27.9. The Kier molecular flexibility index (Phi) is 7.71. The molecule has 0 bridgehead atoms. The maximum absolute atomic E-state index is 13.0. The summed E-state index contributed by atoms with van der Waals surface area (Å²) in [5, 5.41) is 0.862. The third-order valence-electron chi connectivity index (χ3n) is 8.15. The number of amides is 1. The van der Waals surface area contributed by atoms with Crippen molar-refractivity contribution in [2.24, 2.45) is 5.92 Å². The van der Waals surface area contributed by atoms with Crippen LogP contribution in [0.1, 0.15) is 69.7 Å². The van der Waals surface area contributed by atoms with E-state index in [9.17, 15) is 9.59 Å². The highest BCUT2D eigenvalue weighted by Gasteiger charge is 2.26. The Morgan fingerprint density at radius 3 is 2.62 bits per heavy atom. The van der Waals surface area contributed by atoms with Gasteiger partial charge < -0.3 is 19.4 Å². The molecule has 1 aliphatic carbocycles. The van der Waals surface area contributed by atoms with Crippen LogP contribution in [0, 0.1) is 5.92 Å². The van der Waals surface area contributed by atoms with Gasteiger partial charge in [0.15, 0.2) is 0 Å². The molecule has 8 nitrogen and oxygen atoms in total. The lowest BCUT2D eigenvalue weighted by Gasteiger charge is -2.31. The Balaban J connectivity index is 1.24. The third-order valence-corrected chi connectivity index (χ3v) is 8.15. The van der Waals surface area contributed by atoms with E-state index in [4.69, 9.17) is 9.47 Å². The summed E-state index contributed by atoms with van der Waals surface area (Å²) < 4.78 is 12.1. The Morgan fingerprint density at radius 2 is 1.81 bits per heavy atom. The van der Waals surface area contributed by atoms with Crippen molar-refractivity contribution in [3.05, 3.63) is 71.8 Å². The molecule has 42 heavy (non-hydrogen) atoms. The minimum atomic E-state index is -0.538. The highest BCUT2D eigenvalue weighted by atomic mass is 16.6. The number of H-pyrrole nitrogens is 1. The van der Waals surface area contributed by atoms with Crippen LogP contribution >= 0.6 is 0 Å². The van der Waals surface area contributed by atoms with E-state index in [0.717, 1.165) is 59.9 Å². The van der Waals surface area contributed by atoms with Crippen LogP contribution in [-0.4, -0.2) is 43.9 Å². The molecule has 0 atom stereocenters. The first-order chi connectivity index (χ1) is 20.2. The quantitative estimate of drug-likeness (QED) is 0.261. The number of fused-ring (bicyclic) bond motifs is 2. The summed E-state index contributed by atoms with van der Waals surface area (Å²) in [5.41, 5.74) is 5.11. The minimum absolute atomic E-state index is 0.161. The molecule has 4 heterocycles. The van der Waals surface area contributed by atoms with E-state index in [2.05, 4.69) is 21.0 Å². The third kappa shape index (κ3) is 6.17. The molecule has 1 amide bonds. The van der Waals surface area contributed by atoms with Gasteiger partial charge in [-0.1, -0.05) is 25.3 Å². The summed E-state index contributed by atoms with van der Waals surface area (Å²) in [4.78, 5) is 39.7. The number of pyridine rings is 2. The number of nitrogens with zero attached hydrogens (tertiary/aromatic N) is 3. The fourth-order valence-electron chi connectivity index (χ4n) is 6.04. The SMILES string of the molecule is CC(C)(C)OC(=O)N1CCc2ccc(Oc3ccnc4[nH]cc(-c5ccnc(CC(=O)C6CCCCC6)c5)c34)cc2C1. The van der Waals surface area contributed by atoms with Gasteiger partial charge in [0.05, 0.1) is 5.39 Å². The second kappa shape index (κ2) is 11.6. The van der Waals surface area contributed by atoms with E-state index >= 15 is 0 Å². The maximum atomic E-state index is 13.0. The van der Waals surface area contributed by atoms with Crippen LogP contribution in [-0.2, 0) is 28.9 Å². The smallest absolute Gasteiger partial charge is 0.410 e. The van der Waals surface area contributed by atoms with Crippen LogP contribution in [0.2, 0.25) is 0 Å². The number of carbonyl (C=O) groups excluding carboxylic acids is 2. The summed E-state index contributed by atoms with van der Waals surface area (Å²) in [6.07, 6.45) is 11.7. The van der Waals surface area contributed by atoms with Gasteiger partial charge in [-0.15, -0.1) is 0 Å². The summed E-state index contributed by atoms with van der Waals surface area (Å²) in [5.74, 6) is 1.82. The number of aromatic nitrogens is 3. The highest BCUT2D eigenvalue weighted by molar-refractivity contribution is 5.98. The van der Waals surface area contributed by atoms with Crippen molar-refractivity contribution in [1.82, 2.24) is 19.9 Å². The molecule has 1 fully saturated rings. The molecule has 1 saturated carbocycles. The highest BCUT2D eigenvalue weighted by Crippen LogP contribution is 2.37. The number of ether oxygens (including phenoxy) is 2. The zero-order valence-corrected chi connectivity index (χ0v) is 24.6. The van der Waals surface area contributed by atoms with Gasteiger partial charge in [0, 0.05) is 55.3 Å². The lowest BCUT2D eigenvalue weighted by molar-refractivity contribution is -0.123. The van der Waals surface area contributed by atoms with Crippen molar-refractivity contribution in [3.63, 3.8) is 0 Å². The molecule has 6 rings (SSSR count). The predicted octanol–water partition coefficient (Wildman–Crippen LogP) is 7.40. The predicted molar refractivity (Wildman–Crippen MR) is 161 cm³/mol. The zero-order valence-electron chi connectivity index (χ0n) is 24.6. The Hall–Kier alpha value is -4.20. The average molecular weight is 567 g/mol. The number of Topliss-reactive ketones (excluding diaryl/α,β-unsaturated/α-hetero) is 1. The number of nitrogens with one attached hydrogen (secondary N) is 1. The fourth-order valence-corrected chi connectivity index (χ4v) is 6.04. The monoisotopic (exact) mass is 566 g/mol. The molecule has 1 N–H and O–H groups in total. The lowest BCUT2D eigenvalue weighted by atomic mass is 9.84. The molecular formula is C34H38N4O4. The van der Waals surface area contributed by atoms with E-state index < -0.39 is 5.60 Å². The number of hydrogen-bond acceptors (Lipinski definition) is 6. The Bertz CT molecular complexity index is 1610. The molecule has 0 saturated heterocycles. The van der Waals surface area contributed by atoms with Crippen molar-refractivity contribution in [3.8, 4) is 22.6 Å². The molecule has 0 unspecified atom stereocenters. The minimum Gasteiger partial charge on any atom is -0.457 e. The Labute approximate surface area is 246 Å². The Morgan fingerprint density at radius 1 is 1.00 bits per heavy atom.